The van der Waals surface area contributed by atoms with Crippen LogP contribution in [0.1, 0.15) is 10.4 Å². The zero-order chi connectivity index (χ0) is 24.1. The predicted octanol–water partition coefficient (Wildman–Crippen LogP) is 5.76. The molecule has 4 aromatic rings. The van der Waals surface area contributed by atoms with E-state index in [1.54, 1.807) is 32.3 Å². The van der Waals surface area contributed by atoms with E-state index in [0.29, 0.717) is 40.6 Å². The fourth-order valence-corrected chi connectivity index (χ4v) is 3.92. The van der Waals surface area contributed by atoms with Crippen molar-refractivity contribution in [3.8, 4) is 28.5 Å². The number of carbonyl (C=O) groups excluding carboxylic acids is 1. The van der Waals surface area contributed by atoms with Gasteiger partial charge in [-0.3, -0.25) is 4.79 Å². The highest BCUT2D eigenvalue weighted by Gasteiger charge is 2.22. The summed E-state index contributed by atoms with van der Waals surface area (Å²) in [4.78, 5) is 20.4. The number of methoxy groups -OCH3 is 3. The Balaban J connectivity index is 1.91. The number of benzene rings is 3. The first-order chi connectivity index (χ1) is 16.6. The Morgan fingerprint density at radius 2 is 1.56 bits per heavy atom. The average Bonchev–Trinajstić information content (AvgIpc) is 2.90. The number of ether oxygens (including phenoxy) is 3. The summed E-state index contributed by atoms with van der Waals surface area (Å²) in [7, 11) is 4.69. The first-order valence-electron chi connectivity index (χ1n) is 10.8. The third kappa shape index (κ3) is 4.30. The standard InChI is InChI=1S/C28H26N2O4/c1-5-15-30(20-11-7-6-8-12-20)28(31)22-18-24(29-23-14-10-9-13-21(22)23)19-16-25(32-2)27(34-4)26(17-19)33-3/h5-14,16-18H,1,15H2,2-4H3. The van der Waals surface area contributed by atoms with Crippen LogP contribution in [-0.4, -0.2) is 38.8 Å². The van der Waals surface area contributed by atoms with E-state index in [0.717, 1.165) is 16.6 Å². The van der Waals surface area contributed by atoms with Crippen molar-refractivity contribution in [1.29, 1.82) is 0 Å². The minimum absolute atomic E-state index is 0.140. The van der Waals surface area contributed by atoms with Crippen molar-refractivity contribution in [1.82, 2.24) is 4.98 Å². The molecule has 0 unspecified atom stereocenters. The normalized spacial score (nSPS) is 10.6. The molecule has 1 heterocycles. The van der Waals surface area contributed by atoms with Gasteiger partial charge in [0, 0.05) is 23.2 Å². The van der Waals surface area contributed by atoms with Gasteiger partial charge >= 0.3 is 0 Å². The van der Waals surface area contributed by atoms with Gasteiger partial charge in [-0.15, -0.1) is 6.58 Å². The zero-order valence-electron chi connectivity index (χ0n) is 19.4. The van der Waals surface area contributed by atoms with Crippen molar-refractivity contribution in [2.45, 2.75) is 0 Å². The molecule has 1 aromatic heterocycles. The van der Waals surface area contributed by atoms with E-state index in [1.807, 2.05) is 72.8 Å². The Morgan fingerprint density at radius 3 is 2.18 bits per heavy atom. The van der Waals surface area contributed by atoms with Gasteiger partial charge in [0.25, 0.3) is 5.91 Å². The number of aromatic nitrogens is 1. The maximum atomic E-state index is 13.9. The summed E-state index contributed by atoms with van der Waals surface area (Å²) in [5.41, 5.74) is 3.41. The second-order valence-electron chi connectivity index (χ2n) is 7.53. The van der Waals surface area contributed by atoms with Gasteiger partial charge in [0.05, 0.1) is 38.1 Å². The number of nitrogens with zero attached hydrogens (tertiary/aromatic N) is 2. The topological polar surface area (TPSA) is 60.9 Å². The van der Waals surface area contributed by atoms with Crippen molar-refractivity contribution in [3.05, 3.63) is 91.0 Å². The van der Waals surface area contributed by atoms with Crippen LogP contribution in [0.3, 0.4) is 0 Å². The summed E-state index contributed by atoms with van der Waals surface area (Å²) in [6.45, 7) is 4.21. The number of fused-ring (bicyclic) bond motifs is 1. The van der Waals surface area contributed by atoms with Gasteiger partial charge in [-0.1, -0.05) is 42.5 Å². The van der Waals surface area contributed by atoms with E-state index in [1.165, 1.54) is 0 Å². The smallest absolute Gasteiger partial charge is 0.259 e. The van der Waals surface area contributed by atoms with E-state index in [-0.39, 0.29) is 5.91 Å². The van der Waals surface area contributed by atoms with Crippen LogP contribution < -0.4 is 19.1 Å². The van der Waals surface area contributed by atoms with Crippen molar-refractivity contribution in [2.75, 3.05) is 32.8 Å². The molecule has 0 bridgehead atoms. The lowest BCUT2D eigenvalue weighted by Gasteiger charge is -2.22. The Labute approximate surface area is 199 Å². The van der Waals surface area contributed by atoms with Crippen LogP contribution in [0.4, 0.5) is 5.69 Å². The van der Waals surface area contributed by atoms with Gasteiger partial charge in [-0.05, 0) is 36.4 Å². The van der Waals surface area contributed by atoms with Gasteiger partial charge in [0.1, 0.15) is 0 Å². The molecule has 0 aliphatic heterocycles. The monoisotopic (exact) mass is 454 g/mol. The number of hydrogen-bond donors (Lipinski definition) is 0. The van der Waals surface area contributed by atoms with Crippen LogP contribution >= 0.6 is 0 Å². The van der Waals surface area contributed by atoms with Crippen molar-refractivity contribution < 1.29 is 19.0 Å². The maximum absolute atomic E-state index is 13.9. The van der Waals surface area contributed by atoms with Crippen LogP contribution in [0.5, 0.6) is 17.2 Å². The summed E-state index contributed by atoms with van der Waals surface area (Å²) < 4.78 is 16.5. The minimum Gasteiger partial charge on any atom is -0.493 e. The van der Waals surface area contributed by atoms with E-state index in [9.17, 15) is 4.79 Å². The fraction of sp³-hybridized carbons (Fsp3) is 0.143. The van der Waals surface area contributed by atoms with Gasteiger partial charge in [-0.2, -0.15) is 0 Å². The van der Waals surface area contributed by atoms with Crippen LogP contribution in [0.2, 0.25) is 0 Å². The SMILES string of the molecule is C=CCN(C(=O)c1cc(-c2cc(OC)c(OC)c(OC)c2)nc2ccccc12)c1ccccc1. The number of amides is 1. The van der Waals surface area contributed by atoms with Crippen LogP contribution in [-0.2, 0) is 0 Å². The maximum Gasteiger partial charge on any atom is 0.259 e. The molecule has 6 heteroatoms. The highest BCUT2D eigenvalue weighted by molar-refractivity contribution is 6.14. The fourth-order valence-electron chi connectivity index (χ4n) is 3.92. The lowest BCUT2D eigenvalue weighted by atomic mass is 10.0. The molecular weight excluding hydrogens is 428 g/mol. The zero-order valence-corrected chi connectivity index (χ0v) is 19.4. The first-order valence-corrected chi connectivity index (χ1v) is 10.8. The molecule has 0 saturated heterocycles. The van der Waals surface area contributed by atoms with Crippen molar-refractivity contribution >= 4 is 22.5 Å². The van der Waals surface area contributed by atoms with Crippen LogP contribution in [0, 0.1) is 0 Å². The second kappa shape index (κ2) is 10.1. The molecule has 0 atom stereocenters. The molecule has 6 nitrogen and oxygen atoms in total. The molecule has 0 spiro atoms. The molecule has 0 aliphatic carbocycles. The van der Waals surface area contributed by atoms with E-state index >= 15 is 0 Å². The van der Waals surface area contributed by atoms with E-state index in [4.69, 9.17) is 19.2 Å². The highest BCUT2D eigenvalue weighted by Crippen LogP contribution is 2.41. The molecule has 34 heavy (non-hydrogen) atoms. The molecule has 4 rings (SSSR count). The highest BCUT2D eigenvalue weighted by atomic mass is 16.5. The molecule has 0 saturated carbocycles. The molecule has 3 aromatic carbocycles. The molecule has 0 aliphatic rings. The molecule has 0 N–H and O–H groups in total. The van der Waals surface area contributed by atoms with Crippen LogP contribution in [0.15, 0.2) is 85.5 Å². The molecule has 0 fully saturated rings. The number of para-hydroxylation sites is 2. The predicted molar refractivity (Wildman–Crippen MR) is 135 cm³/mol. The lowest BCUT2D eigenvalue weighted by Crippen LogP contribution is -2.31. The van der Waals surface area contributed by atoms with Crippen molar-refractivity contribution in [2.24, 2.45) is 0 Å². The van der Waals surface area contributed by atoms with E-state index < -0.39 is 0 Å². The summed E-state index contributed by atoms with van der Waals surface area (Å²) >= 11 is 0. The molecule has 172 valence electrons. The Kier molecular flexibility index (Phi) is 6.78. The Hall–Kier alpha value is -4.32. The van der Waals surface area contributed by atoms with Crippen LogP contribution in [0.25, 0.3) is 22.2 Å². The average molecular weight is 455 g/mol. The second-order valence-corrected chi connectivity index (χ2v) is 7.53. The van der Waals surface area contributed by atoms with E-state index in [2.05, 4.69) is 6.58 Å². The van der Waals surface area contributed by atoms with Gasteiger partial charge in [-0.25, -0.2) is 4.98 Å². The first kappa shape index (κ1) is 22.9. The Bertz CT molecular complexity index is 1310. The lowest BCUT2D eigenvalue weighted by molar-refractivity contribution is 0.0991. The minimum atomic E-state index is -0.140. The number of hydrogen-bond acceptors (Lipinski definition) is 5. The summed E-state index contributed by atoms with van der Waals surface area (Å²) in [5.74, 6) is 1.37. The quantitative estimate of drug-likeness (QED) is 0.317. The number of carbonyl (C=O) groups is 1. The Morgan fingerprint density at radius 1 is 0.912 bits per heavy atom. The third-order valence-corrected chi connectivity index (χ3v) is 5.53. The number of rotatable bonds is 8. The largest absolute Gasteiger partial charge is 0.493 e. The summed E-state index contributed by atoms with van der Waals surface area (Å²) in [6, 6.07) is 22.6. The molecular formula is C28H26N2O4. The number of pyridine rings is 1. The molecule has 1 amide bonds. The van der Waals surface area contributed by atoms with Gasteiger partial charge < -0.3 is 19.1 Å². The van der Waals surface area contributed by atoms with Gasteiger partial charge in [0.2, 0.25) is 5.75 Å². The van der Waals surface area contributed by atoms with Gasteiger partial charge in [0.15, 0.2) is 11.5 Å². The summed E-state index contributed by atoms with van der Waals surface area (Å²) in [5, 5.41) is 0.772. The number of anilines is 1. The third-order valence-electron chi connectivity index (χ3n) is 5.53. The van der Waals surface area contributed by atoms with Crippen molar-refractivity contribution in [3.63, 3.8) is 0 Å². The summed E-state index contributed by atoms with van der Waals surface area (Å²) in [6.07, 6.45) is 1.72. The molecule has 0 radical (unpaired) electrons.